The van der Waals surface area contributed by atoms with E-state index in [1.165, 1.54) is 13.2 Å². The highest BCUT2D eigenvalue weighted by Crippen LogP contribution is 2.35. The molecule has 3 rings (SSSR count). The minimum atomic E-state index is -0.546. The maximum absolute atomic E-state index is 12.6. The fraction of sp³-hybridized carbons (Fsp3) is 0.444. The number of ether oxygens (including phenoxy) is 3. The van der Waals surface area contributed by atoms with Crippen molar-refractivity contribution in [3.8, 4) is 5.75 Å². The smallest absolute Gasteiger partial charge is 0.330 e. The Bertz CT molecular complexity index is 649. The Kier molecular flexibility index (Phi) is 4.85. The minimum Gasteiger partial charge on any atom is -0.485 e. The summed E-state index contributed by atoms with van der Waals surface area (Å²) in [5.41, 5.74) is 0.514. The first-order valence-corrected chi connectivity index (χ1v) is 8.01. The molecular weight excluding hydrogens is 310 g/mol. The van der Waals surface area contributed by atoms with Crippen LogP contribution in [-0.4, -0.2) is 49.2 Å². The molecule has 0 bridgehead atoms. The van der Waals surface area contributed by atoms with Crippen molar-refractivity contribution in [3.05, 3.63) is 42.0 Å². The molecule has 128 valence electrons. The maximum atomic E-state index is 12.6. The van der Waals surface area contributed by atoms with E-state index in [0.717, 1.165) is 30.2 Å². The predicted molar refractivity (Wildman–Crippen MR) is 86.4 cm³/mol. The van der Waals surface area contributed by atoms with Gasteiger partial charge in [-0.3, -0.25) is 4.79 Å². The van der Waals surface area contributed by atoms with E-state index < -0.39 is 11.6 Å². The van der Waals surface area contributed by atoms with Crippen molar-refractivity contribution in [1.82, 2.24) is 4.90 Å². The highest BCUT2D eigenvalue weighted by atomic mass is 16.5. The summed E-state index contributed by atoms with van der Waals surface area (Å²) in [6, 6.07) is 7.75. The van der Waals surface area contributed by atoms with Gasteiger partial charge in [0.1, 0.15) is 11.4 Å². The number of esters is 1. The second-order valence-electron chi connectivity index (χ2n) is 6.06. The SMILES string of the molecule is COC(=O)/C=C/C(=O)N1Cc2ccccc2OC2(CCOCC2)C1. The van der Waals surface area contributed by atoms with E-state index in [1.54, 1.807) is 4.90 Å². The standard InChI is InChI=1S/C18H21NO5/c1-22-17(21)7-6-16(20)19-12-14-4-2-3-5-15(14)24-18(13-19)8-10-23-11-9-18/h2-7H,8-13H2,1H3/b7-6+. The first kappa shape index (κ1) is 16.5. The number of nitrogens with zero attached hydrogens (tertiary/aromatic N) is 1. The molecule has 1 aromatic rings. The molecule has 2 heterocycles. The summed E-state index contributed by atoms with van der Waals surface area (Å²) >= 11 is 0. The summed E-state index contributed by atoms with van der Waals surface area (Å²) < 4.78 is 16.3. The molecule has 24 heavy (non-hydrogen) atoms. The summed E-state index contributed by atoms with van der Waals surface area (Å²) in [7, 11) is 1.28. The zero-order valence-corrected chi connectivity index (χ0v) is 13.7. The lowest BCUT2D eigenvalue weighted by molar-refractivity contribution is -0.136. The van der Waals surface area contributed by atoms with Gasteiger partial charge in [-0.2, -0.15) is 0 Å². The minimum absolute atomic E-state index is 0.230. The quantitative estimate of drug-likeness (QED) is 0.609. The Balaban J connectivity index is 1.87. The third-order valence-corrected chi connectivity index (χ3v) is 4.42. The lowest BCUT2D eigenvalue weighted by Gasteiger charge is -2.38. The Labute approximate surface area is 141 Å². The van der Waals surface area contributed by atoms with Crippen molar-refractivity contribution < 1.29 is 23.8 Å². The molecule has 1 fully saturated rings. The van der Waals surface area contributed by atoms with Crippen LogP contribution in [-0.2, 0) is 25.6 Å². The van der Waals surface area contributed by atoms with Crippen LogP contribution in [0.4, 0.5) is 0 Å². The van der Waals surface area contributed by atoms with Gasteiger partial charge in [0.25, 0.3) is 0 Å². The first-order valence-electron chi connectivity index (χ1n) is 8.01. The van der Waals surface area contributed by atoms with Crippen molar-refractivity contribution in [2.45, 2.75) is 25.0 Å². The Morgan fingerprint density at radius 3 is 2.71 bits per heavy atom. The zero-order valence-electron chi connectivity index (χ0n) is 13.7. The van der Waals surface area contributed by atoms with Crippen LogP contribution < -0.4 is 4.74 Å². The van der Waals surface area contributed by atoms with E-state index >= 15 is 0 Å². The number of benzene rings is 1. The van der Waals surface area contributed by atoms with Crippen molar-refractivity contribution in [2.24, 2.45) is 0 Å². The molecule has 1 saturated heterocycles. The third kappa shape index (κ3) is 3.59. The number of fused-ring (bicyclic) bond motifs is 1. The molecule has 6 heteroatoms. The molecule has 2 aliphatic heterocycles. The number of rotatable bonds is 2. The van der Waals surface area contributed by atoms with Gasteiger partial charge in [-0.1, -0.05) is 18.2 Å². The second-order valence-corrected chi connectivity index (χ2v) is 6.06. The molecule has 1 amide bonds. The zero-order chi connectivity index (χ0) is 17.0. The maximum Gasteiger partial charge on any atom is 0.330 e. The lowest BCUT2D eigenvalue weighted by Crippen LogP contribution is -2.50. The van der Waals surface area contributed by atoms with Gasteiger partial charge in [-0.15, -0.1) is 0 Å². The molecule has 0 unspecified atom stereocenters. The molecule has 1 aromatic carbocycles. The van der Waals surface area contributed by atoms with E-state index in [4.69, 9.17) is 9.47 Å². The van der Waals surface area contributed by atoms with Gasteiger partial charge in [0.05, 0.1) is 26.9 Å². The van der Waals surface area contributed by atoms with Crippen molar-refractivity contribution in [3.63, 3.8) is 0 Å². The lowest BCUT2D eigenvalue weighted by atomic mass is 9.93. The molecule has 0 radical (unpaired) electrons. The molecule has 1 spiro atoms. The monoisotopic (exact) mass is 331 g/mol. The average molecular weight is 331 g/mol. The van der Waals surface area contributed by atoms with Crippen LogP contribution in [0.5, 0.6) is 5.75 Å². The molecule has 0 saturated carbocycles. The fourth-order valence-corrected chi connectivity index (χ4v) is 3.08. The van der Waals surface area contributed by atoms with E-state index in [-0.39, 0.29) is 5.91 Å². The number of methoxy groups -OCH3 is 1. The average Bonchev–Trinajstić information content (AvgIpc) is 2.76. The second kappa shape index (κ2) is 7.05. The molecule has 6 nitrogen and oxygen atoms in total. The third-order valence-electron chi connectivity index (χ3n) is 4.42. The number of amides is 1. The molecular formula is C18H21NO5. The van der Waals surface area contributed by atoms with E-state index in [1.807, 2.05) is 24.3 Å². The Morgan fingerprint density at radius 1 is 1.21 bits per heavy atom. The van der Waals surface area contributed by atoms with Gasteiger partial charge in [-0.05, 0) is 6.07 Å². The molecule has 0 atom stereocenters. The van der Waals surface area contributed by atoms with Crippen molar-refractivity contribution in [1.29, 1.82) is 0 Å². The van der Waals surface area contributed by atoms with Gasteiger partial charge >= 0.3 is 5.97 Å². The highest BCUT2D eigenvalue weighted by molar-refractivity contribution is 5.94. The van der Waals surface area contributed by atoms with E-state index in [2.05, 4.69) is 4.74 Å². The summed E-state index contributed by atoms with van der Waals surface area (Å²) in [4.78, 5) is 25.5. The Morgan fingerprint density at radius 2 is 1.96 bits per heavy atom. The van der Waals surface area contributed by atoms with Crippen LogP contribution >= 0.6 is 0 Å². The summed E-state index contributed by atoms with van der Waals surface area (Å²) in [6.45, 7) is 2.14. The summed E-state index contributed by atoms with van der Waals surface area (Å²) in [6.07, 6.45) is 3.86. The topological polar surface area (TPSA) is 65.1 Å². The summed E-state index contributed by atoms with van der Waals surface area (Å²) in [5, 5.41) is 0. The highest BCUT2D eigenvalue weighted by Gasteiger charge is 2.40. The number of carbonyl (C=O) groups excluding carboxylic acids is 2. The number of hydrogen-bond donors (Lipinski definition) is 0. The van der Waals surface area contributed by atoms with Crippen molar-refractivity contribution >= 4 is 11.9 Å². The number of hydrogen-bond acceptors (Lipinski definition) is 5. The summed E-state index contributed by atoms with van der Waals surface area (Å²) in [5.74, 6) is 0.0359. The van der Waals surface area contributed by atoms with Gasteiger partial charge in [0, 0.05) is 37.1 Å². The van der Waals surface area contributed by atoms with Gasteiger partial charge < -0.3 is 19.1 Å². The first-order chi connectivity index (χ1) is 11.6. The molecule has 2 aliphatic rings. The predicted octanol–water partition coefficient (Wildman–Crippen LogP) is 1.69. The molecule has 0 aromatic heterocycles. The Hall–Kier alpha value is -2.34. The van der Waals surface area contributed by atoms with Gasteiger partial charge in [-0.25, -0.2) is 4.79 Å². The van der Waals surface area contributed by atoms with Crippen LogP contribution in [0.25, 0.3) is 0 Å². The largest absolute Gasteiger partial charge is 0.485 e. The van der Waals surface area contributed by atoms with Gasteiger partial charge in [0.2, 0.25) is 5.91 Å². The van der Waals surface area contributed by atoms with Crippen LogP contribution in [0.15, 0.2) is 36.4 Å². The van der Waals surface area contributed by atoms with Gasteiger partial charge in [0.15, 0.2) is 0 Å². The van der Waals surface area contributed by atoms with E-state index in [0.29, 0.717) is 26.3 Å². The van der Waals surface area contributed by atoms with Crippen LogP contribution in [0, 0.1) is 0 Å². The molecule has 0 N–H and O–H groups in total. The van der Waals surface area contributed by atoms with E-state index in [9.17, 15) is 9.59 Å². The fourth-order valence-electron chi connectivity index (χ4n) is 3.08. The molecule has 0 aliphatic carbocycles. The van der Waals surface area contributed by atoms with Crippen LogP contribution in [0.2, 0.25) is 0 Å². The van der Waals surface area contributed by atoms with Crippen LogP contribution in [0.1, 0.15) is 18.4 Å². The van der Waals surface area contributed by atoms with Crippen LogP contribution in [0.3, 0.4) is 0 Å². The normalized spacial score (nSPS) is 19.5. The van der Waals surface area contributed by atoms with Crippen molar-refractivity contribution in [2.75, 3.05) is 26.9 Å². The number of carbonyl (C=O) groups is 2. The number of para-hydroxylation sites is 1.